The van der Waals surface area contributed by atoms with Gasteiger partial charge < -0.3 is 10.1 Å². The minimum Gasteiger partial charge on any atom is -0.446 e. The van der Waals surface area contributed by atoms with Crippen LogP contribution in [0.15, 0.2) is 65.6 Å². The molecule has 2 amide bonds. The van der Waals surface area contributed by atoms with Gasteiger partial charge >= 0.3 is 6.09 Å². The predicted octanol–water partition coefficient (Wildman–Crippen LogP) is 4.84. The average Bonchev–Trinajstić information content (AvgIpc) is 2.70. The van der Waals surface area contributed by atoms with E-state index in [1.807, 2.05) is 60.7 Å². The van der Waals surface area contributed by atoms with E-state index < -0.39 is 6.09 Å². The number of rotatable bonds is 7. The molecule has 1 fully saturated rings. The van der Waals surface area contributed by atoms with Crippen LogP contribution in [-0.4, -0.2) is 29.9 Å². The highest BCUT2D eigenvalue weighted by Crippen LogP contribution is 2.22. The van der Waals surface area contributed by atoms with Crippen molar-refractivity contribution >= 4 is 29.4 Å². The van der Waals surface area contributed by atoms with Crippen LogP contribution in [0, 0.1) is 0 Å². The van der Waals surface area contributed by atoms with Crippen LogP contribution in [0.4, 0.5) is 10.5 Å². The number of hydrogen-bond donors (Lipinski definition) is 2. The van der Waals surface area contributed by atoms with Gasteiger partial charge in [0.25, 0.3) is 0 Å². The van der Waals surface area contributed by atoms with Crippen molar-refractivity contribution < 1.29 is 14.3 Å². The summed E-state index contributed by atoms with van der Waals surface area (Å²) in [6, 6.07) is 19.4. The van der Waals surface area contributed by atoms with E-state index in [4.69, 9.17) is 4.74 Å². The molecule has 0 radical (unpaired) electrons. The maximum atomic E-state index is 12.2. The maximum Gasteiger partial charge on any atom is 0.411 e. The molecule has 0 unspecified atom stereocenters. The second-order valence-electron chi connectivity index (χ2n) is 6.86. The fraction of sp³-hybridized carbons (Fsp3) is 0.364. The Kier molecular flexibility index (Phi) is 7.79. The lowest BCUT2D eigenvalue weighted by molar-refractivity contribution is -0.121. The first-order valence-corrected chi connectivity index (χ1v) is 10.7. The van der Waals surface area contributed by atoms with Gasteiger partial charge in [0.15, 0.2) is 0 Å². The molecule has 0 aromatic heterocycles. The molecule has 0 aliphatic heterocycles. The fourth-order valence-corrected chi connectivity index (χ4v) is 4.15. The van der Waals surface area contributed by atoms with E-state index in [1.165, 1.54) is 4.90 Å². The van der Waals surface area contributed by atoms with Gasteiger partial charge in [-0.25, -0.2) is 4.79 Å². The lowest BCUT2D eigenvalue weighted by atomic mass is 9.93. The van der Waals surface area contributed by atoms with Gasteiger partial charge in [0.1, 0.15) is 6.10 Å². The van der Waals surface area contributed by atoms with Crippen molar-refractivity contribution in [2.24, 2.45) is 0 Å². The molecular weight excluding hydrogens is 372 g/mol. The molecule has 6 heteroatoms. The van der Waals surface area contributed by atoms with Crippen molar-refractivity contribution in [2.45, 2.75) is 49.1 Å². The van der Waals surface area contributed by atoms with Crippen LogP contribution in [-0.2, 0) is 9.53 Å². The number of ether oxygens (including phenoxy) is 1. The van der Waals surface area contributed by atoms with E-state index in [-0.39, 0.29) is 18.1 Å². The zero-order chi connectivity index (χ0) is 19.6. The molecule has 2 aromatic rings. The van der Waals surface area contributed by atoms with Crippen molar-refractivity contribution in [3.63, 3.8) is 0 Å². The molecule has 0 bridgehead atoms. The van der Waals surface area contributed by atoms with Crippen LogP contribution in [0.1, 0.15) is 32.1 Å². The summed E-state index contributed by atoms with van der Waals surface area (Å²) < 4.78 is 5.54. The average molecular weight is 399 g/mol. The molecule has 3 rings (SSSR count). The quantitative estimate of drug-likeness (QED) is 0.655. The molecule has 0 saturated heterocycles. The van der Waals surface area contributed by atoms with E-state index >= 15 is 0 Å². The number of nitrogens with one attached hydrogen (secondary N) is 2. The molecule has 148 valence electrons. The minimum absolute atomic E-state index is 0.0582. The van der Waals surface area contributed by atoms with Gasteiger partial charge in [0, 0.05) is 35.2 Å². The molecule has 28 heavy (non-hydrogen) atoms. The Balaban J connectivity index is 1.37. The maximum absolute atomic E-state index is 12.2. The van der Waals surface area contributed by atoms with Gasteiger partial charge in [-0.1, -0.05) is 36.4 Å². The summed E-state index contributed by atoms with van der Waals surface area (Å²) >= 11 is 1.68. The first kappa shape index (κ1) is 20.3. The number of amides is 2. The van der Waals surface area contributed by atoms with E-state index in [1.54, 1.807) is 11.8 Å². The molecule has 2 aromatic carbocycles. The monoisotopic (exact) mass is 398 g/mol. The number of carbonyl (C=O) groups excluding carboxylic acids is 2. The third-order valence-electron chi connectivity index (χ3n) is 4.63. The number of hydrogen-bond acceptors (Lipinski definition) is 4. The Morgan fingerprint density at radius 1 is 1.00 bits per heavy atom. The Hall–Kier alpha value is -2.47. The second kappa shape index (κ2) is 10.8. The molecule has 2 N–H and O–H groups in total. The van der Waals surface area contributed by atoms with Crippen LogP contribution >= 0.6 is 11.8 Å². The van der Waals surface area contributed by atoms with E-state index in [0.717, 1.165) is 25.0 Å². The number of thioether (sulfide) groups is 1. The Bertz CT molecular complexity index is 755. The lowest BCUT2D eigenvalue weighted by Gasteiger charge is -2.29. The van der Waals surface area contributed by atoms with Crippen molar-refractivity contribution in [3.05, 3.63) is 60.7 Å². The Morgan fingerprint density at radius 2 is 1.71 bits per heavy atom. The standard InChI is InChI=1S/C22H26N2O3S/c25-21(14-15-28-20-12-5-2-6-13-20)23-18-10-7-11-19(16-18)27-22(26)24-17-8-3-1-4-9-17/h1-6,8-9,12-13,18-19H,7,10-11,14-16H2,(H,23,25)(H,24,26)/t18-,19-/m1/s1. The number of anilines is 1. The summed E-state index contributed by atoms with van der Waals surface area (Å²) in [5.74, 6) is 0.810. The smallest absolute Gasteiger partial charge is 0.411 e. The van der Waals surface area contributed by atoms with Gasteiger partial charge in [0.05, 0.1) is 0 Å². The van der Waals surface area contributed by atoms with Gasteiger partial charge in [-0.05, 0) is 43.5 Å². The molecule has 0 heterocycles. The highest BCUT2D eigenvalue weighted by atomic mass is 32.2. The summed E-state index contributed by atoms with van der Waals surface area (Å²) in [7, 11) is 0. The highest BCUT2D eigenvalue weighted by molar-refractivity contribution is 7.99. The topological polar surface area (TPSA) is 67.4 Å². The first-order chi connectivity index (χ1) is 13.7. The van der Waals surface area contributed by atoms with Crippen molar-refractivity contribution in [1.82, 2.24) is 5.32 Å². The second-order valence-corrected chi connectivity index (χ2v) is 8.03. The number of carbonyl (C=O) groups is 2. The summed E-state index contributed by atoms with van der Waals surface area (Å²) in [6.07, 6.45) is 3.24. The van der Waals surface area contributed by atoms with Crippen LogP contribution in [0.2, 0.25) is 0 Å². The van der Waals surface area contributed by atoms with Crippen LogP contribution in [0.3, 0.4) is 0 Å². The van der Waals surface area contributed by atoms with E-state index in [0.29, 0.717) is 18.5 Å². The third-order valence-corrected chi connectivity index (χ3v) is 5.64. The van der Waals surface area contributed by atoms with Gasteiger partial charge in [0.2, 0.25) is 5.91 Å². The molecule has 1 aliphatic carbocycles. The normalized spacial score (nSPS) is 18.9. The number of para-hydroxylation sites is 1. The minimum atomic E-state index is -0.442. The summed E-state index contributed by atoms with van der Waals surface area (Å²) in [4.78, 5) is 25.5. The highest BCUT2D eigenvalue weighted by Gasteiger charge is 2.26. The molecule has 2 atom stereocenters. The molecule has 1 aliphatic rings. The summed E-state index contributed by atoms with van der Waals surface area (Å²) in [5, 5.41) is 5.83. The van der Waals surface area contributed by atoms with Gasteiger partial charge in [-0.15, -0.1) is 11.8 Å². The Morgan fingerprint density at radius 3 is 2.46 bits per heavy atom. The molecule has 5 nitrogen and oxygen atoms in total. The van der Waals surface area contributed by atoms with Crippen molar-refractivity contribution in [1.29, 1.82) is 0 Å². The third kappa shape index (κ3) is 6.93. The zero-order valence-electron chi connectivity index (χ0n) is 15.8. The summed E-state index contributed by atoms with van der Waals surface area (Å²) in [5.41, 5.74) is 0.712. The van der Waals surface area contributed by atoms with Crippen LogP contribution in [0.5, 0.6) is 0 Å². The SMILES string of the molecule is O=C(CCSc1ccccc1)N[C@@H]1CCC[C@@H](OC(=O)Nc2ccccc2)C1. The Labute approximate surface area is 170 Å². The van der Waals surface area contributed by atoms with Crippen LogP contribution < -0.4 is 10.6 Å². The van der Waals surface area contributed by atoms with Crippen molar-refractivity contribution in [3.8, 4) is 0 Å². The molecule has 1 saturated carbocycles. The summed E-state index contributed by atoms with van der Waals surface area (Å²) in [6.45, 7) is 0. The molecule has 0 spiro atoms. The van der Waals surface area contributed by atoms with Crippen LogP contribution in [0.25, 0.3) is 0 Å². The zero-order valence-corrected chi connectivity index (χ0v) is 16.6. The van der Waals surface area contributed by atoms with Gasteiger partial charge in [-0.3, -0.25) is 10.1 Å². The van der Waals surface area contributed by atoms with Crippen molar-refractivity contribution in [2.75, 3.05) is 11.1 Å². The first-order valence-electron chi connectivity index (χ1n) is 9.69. The number of benzene rings is 2. The largest absolute Gasteiger partial charge is 0.446 e. The predicted molar refractivity (Wildman–Crippen MR) is 113 cm³/mol. The lowest BCUT2D eigenvalue weighted by Crippen LogP contribution is -2.41. The van der Waals surface area contributed by atoms with E-state index in [2.05, 4.69) is 10.6 Å². The molecular formula is C22H26N2O3S. The van der Waals surface area contributed by atoms with Gasteiger partial charge in [-0.2, -0.15) is 0 Å². The van der Waals surface area contributed by atoms with E-state index in [9.17, 15) is 9.59 Å². The fourth-order valence-electron chi connectivity index (χ4n) is 3.28.